The molecule has 3 aromatic rings. The number of hydrogen-bond acceptors (Lipinski definition) is 6. The Balaban J connectivity index is 1.33. The van der Waals surface area contributed by atoms with Gasteiger partial charge in [0.25, 0.3) is 11.3 Å². The van der Waals surface area contributed by atoms with Gasteiger partial charge in [-0.2, -0.15) is 0 Å². The molecule has 0 unspecified atom stereocenters. The van der Waals surface area contributed by atoms with Gasteiger partial charge in [0.1, 0.15) is 11.4 Å². The van der Waals surface area contributed by atoms with E-state index in [-0.39, 0.29) is 18.0 Å². The van der Waals surface area contributed by atoms with Crippen LogP contribution >= 0.6 is 11.3 Å². The lowest BCUT2D eigenvalue weighted by atomic mass is 10.2. The number of hydrogen-bond donors (Lipinski definition) is 1. The van der Waals surface area contributed by atoms with Crippen molar-refractivity contribution in [3.05, 3.63) is 45.3 Å². The number of anilines is 1. The van der Waals surface area contributed by atoms with E-state index in [2.05, 4.69) is 10.3 Å². The maximum absolute atomic E-state index is 12.8. The van der Waals surface area contributed by atoms with Crippen LogP contribution in [0.4, 0.5) is 5.69 Å². The summed E-state index contributed by atoms with van der Waals surface area (Å²) in [5.41, 5.74) is 1.34. The van der Waals surface area contributed by atoms with E-state index in [0.29, 0.717) is 27.4 Å². The zero-order chi connectivity index (χ0) is 20.2. The molecule has 8 heteroatoms. The summed E-state index contributed by atoms with van der Waals surface area (Å²) in [5, 5.41) is 3.43. The minimum Gasteiger partial charge on any atom is -0.448 e. The second kappa shape index (κ2) is 6.59. The third-order valence-electron chi connectivity index (χ3n) is 5.65. The number of aromatic nitrogens is 2. The lowest BCUT2D eigenvalue weighted by Crippen LogP contribution is -2.34. The number of amides is 1. The van der Waals surface area contributed by atoms with Crippen molar-refractivity contribution in [1.29, 1.82) is 0 Å². The van der Waals surface area contributed by atoms with Gasteiger partial charge in [-0.25, -0.2) is 4.98 Å². The molecule has 1 fully saturated rings. The number of fused-ring (bicyclic) bond motifs is 2. The van der Waals surface area contributed by atoms with Crippen LogP contribution in [0.2, 0.25) is 0 Å². The first-order valence-corrected chi connectivity index (χ1v) is 10.5. The van der Waals surface area contributed by atoms with E-state index in [1.54, 1.807) is 12.1 Å². The molecule has 29 heavy (non-hydrogen) atoms. The smallest absolute Gasteiger partial charge is 0.262 e. The average Bonchev–Trinajstić information content (AvgIpc) is 3.36. The van der Waals surface area contributed by atoms with Gasteiger partial charge in [0.15, 0.2) is 11.5 Å². The van der Waals surface area contributed by atoms with E-state index in [1.807, 2.05) is 19.9 Å². The van der Waals surface area contributed by atoms with Crippen molar-refractivity contribution in [2.24, 2.45) is 0 Å². The Morgan fingerprint density at radius 2 is 2.00 bits per heavy atom. The van der Waals surface area contributed by atoms with Gasteiger partial charge in [-0.1, -0.05) is 0 Å². The van der Waals surface area contributed by atoms with Crippen molar-refractivity contribution in [3.63, 3.8) is 0 Å². The Labute approximate surface area is 171 Å². The van der Waals surface area contributed by atoms with Gasteiger partial charge in [-0.3, -0.25) is 14.2 Å². The Morgan fingerprint density at radius 3 is 2.79 bits per heavy atom. The fourth-order valence-corrected chi connectivity index (χ4v) is 5.01. The van der Waals surface area contributed by atoms with E-state index in [9.17, 15) is 9.59 Å². The fourth-order valence-electron chi connectivity index (χ4n) is 4.03. The number of benzene rings is 1. The summed E-state index contributed by atoms with van der Waals surface area (Å²) in [7, 11) is 0. The molecule has 1 aromatic carbocycles. The van der Waals surface area contributed by atoms with Crippen LogP contribution in [0.1, 0.15) is 36.1 Å². The van der Waals surface area contributed by atoms with Gasteiger partial charge in [-0.05, 0) is 44.4 Å². The van der Waals surface area contributed by atoms with Gasteiger partial charge in [0, 0.05) is 29.5 Å². The highest BCUT2D eigenvalue weighted by atomic mass is 32.1. The Hall–Kier alpha value is -2.87. The van der Waals surface area contributed by atoms with E-state index in [4.69, 9.17) is 9.47 Å². The number of nitrogens with one attached hydrogen (secondary N) is 1. The highest BCUT2D eigenvalue weighted by Gasteiger charge is 2.44. The van der Waals surface area contributed by atoms with E-state index in [1.165, 1.54) is 22.2 Å². The second-order valence-electron chi connectivity index (χ2n) is 7.67. The van der Waals surface area contributed by atoms with Crippen LogP contribution in [0.5, 0.6) is 11.5 Å². The molecule has 0 saturated heterocycles. The molecule has 5 rings (SSSR count). The quantitative estimate of drug-likeness (QED) is 0.710. The van der Waals surface area contributed by atoms with Crippen molar-refractivity contribution in [1.82, 2.24) is 9.55 Å². The standard InChI is InChI=1S/C21H21N3O4S/c1-12-13(2)29-19-18(12)20(26)24(11-22-19)10-17(25)23-14-5-6-15-16(9-14)28-21(27-15)7-3-4-8-21/h5-6,9,11H,3-4,7-8,10H2,1-2H3,(H,23,25). The molecule has 2 aliphatic rings. The van der Waals surface area contributed by atoms with Crippen LogP contribution in [0.3, 0.4) is 0 Å². The van der Waals surface area contributed by atoms with Crippen molar-refractivity contribution < 1.29 is 14.3 Å². The molecule has 1 aliphatic carbocycles. The van der Waals surface area contributed by atoms with Crippen LogP contribution in [0.25, 0.3) is 10.2 Å². The van der Waals surface area contributed by atoms with Crippen LogP contribution in [-0.2, 0) is 11.3 Å². The van der Waals surface area contributed by atoms with E-state index >= 15 is 0 Å². The summed E-state index contributed by atoms with van der Waals surface area (Å²) in [5.74, 6) is 0.524. The van der Waals surface area contributed by atoms with Gasteiger partial charge in [0.2, 0.25) is 5.91 Å². The first-order valence-electron chi connectivity index (χ1n) is 9.71. The van der Waals surface area contributed by atoms with Crippen LogP contribution in [0, 0.1) is 13.8 Å². The number of carbonyl (C=O) groups excluding carboxylic acids is 1. The first-order chi connectivity index (χ1) is 13.9. The highest BCUT2D eigenvalue weighted by molar-refractivity contribution is 7.18. The van der Waals surface area contributed by atoms with Crippen molar-refractivity contribution in [3.8, 4) is 11.5 Å². The fraction of sp³-hybridized carbons (Fsp3) is 0.381. The summed E-state index contributed by atoms with van der Waals surface area (Å²) in [6, 6.07) is 5.37. The third kappa shape index (κ3) is 3.07. The van der Waals surface area contributed by atoms with Crippen LogP contribution in [-0.4, -0.2) is 21.2 Å². The molecule has 1 aliphatic heterocycles. The lowest BCUT2D eigenvalue weighted by molar-refractivity contribution is -0.116. The molecule has 0 bridgehead atoms. The molecule has 1 amide bonds. The SMILES string of the molecule is Cc1sc2ncn(CC(=O)Nc3ccc4c(c3)OC3(CCCC3)O4)c(=O)c2c1C. The summed E-state index contributed by atoms with van der Waals surface area (Å²) < 4.78 is 13.4. The largest absolute Gasteiger partial charge is 0.448 e. The highest BCUT2D eigenvalue weighted by Crippen LogP contribution is 2.47. The van der Waals surface area contributed by atoms with Gasteiger partial charge in [0.05, 0.1) is 11.7 Å². The maximum atomic E-state index is 12.8. The van der Waals surface area contributed by atoms with Crippen molar-refractivity contribution >= 4 is 33.1 Å². The molecule has 150 valence electrons. The van der Waals surface area contributed by atoms with Crippen LogP contribution in [0.15, 0.2) is 29.3 Å². The zero-order valence-corrected chi connectivity index (χ0v) is 17.1. The number of rotatable bonds is 3. The van der Waals surface area contributed by atoms with Crippen molar-refractivity contribution in [2.45, 2.75) is 51.9 Å². The Morgan fingerprint density at radius 1 is 1.24 bits per heavy atom. The van der Waals surface area contributed by atoms with Gasteiger partial charge >= 0.3 is 0 Å². The van der Waals surface area contributed by atoms with Crippen molar-refractivity contribution in [2.75, 3.05) is 5.32 Å². The maximum Gasteiger partial charge on any atom is 0.262 e. The summed E-state index contributed by atoms with van der Waals surface area (Å²) in [6.07, 6.45) is 5.37. The number of aryl methyl sites for hydroxylation is 2. The molecule has 0 radical (unpaired) electrons. The van der Waals surface area contributed by atoms with E-state index < -0.39 is 5.79 Å². The van der Waals surface area contributed by atoms with Crippen LogP contribution < -0.4 is 20.3 Å². The average molecular weight is 411 g/mol. The molecule has 1 spiro atoms. The number of nitrogens with zero attached hydrogens (tertiary/aromatic N) is 2. The number of ether oxygens (including phenoxy) is 2. The summed E-state index contributed by atoms with van der Waals surface area (Å²) >= 11 is 1.49. The van der Waals surface area contributed by atoms with E-state index in [0.717, 1.165) is 36.1 Å². The summed E-state index contributed by atoms with van der Waals surface area (Å²) in [4.78, 5) is 31.4. The second-order valence-corrected chi connectivity index (χ2v) is 8.88. The summed E-state index contributed by atoms with van der Waals surface area (Å²) in [6.45, 7) is 3.77. The Kier molecular flexibility index (Phi) is 4.13. The predicted molar refractivity (Wildman–Crippen MR) is 111 cm³/mol. The minimum atomic E-state index is -0.532. The predicted octanol–water partition coefficient (Wildman–Crippen LogP) is 3.76. The molecular weight excluding hydrogens is 390 g/mol. The lowest BCUT2D eigenvalue weighted by Gasteiger charge is -2.21. The zero-order valence-electron chi connectivity index (χ0n) is 16.3. The Bertz CT molecular complexity index is 1190. The van der Waals surface area contributed by atoms with Gasteiger partial charge < -0.3 is 14.8 Å². The number of carbonyl (C=O) groups is 1. The third-order valence-corrected chi connectivity index (χ3v) is 6.77. The normalized spacial score (nSPS) is 16.6. The molecule has 2 aromatic heterocycles. The molecule has 3 heterocycles. The molecule has 1 N–H and O–H groups in total. The van der Waals surface area contributed by atoms with Gasteiger partial charge in [-0.15, -0.1) is 11.3 Å². The molecule has 1 saturated carbocycles. The minimum absolute atomic E-state index is 0.103. The number of thiophene rings is 1. The first kappa shape index (κ1) is 18.2. The monoisotopic (exact) mass is 411 g/mol. The molecule has 0 atom stereocenters. The molecular formula is C21H21N3O4S. The molecule has 7 nitrogen and oxygen atoms in total. The topological polar surface area (TPSA) is 82.5 Å².